The molecule has 1 aliphatic heterocycles. The van der Waals surface area contributed by atoms with Gasteiger partial charge in [-0.15, -0.1) is 0 Å². The first-order valence-electron chi connectivity index (χ1n) is 7.68. The molecule has 1 amide bonds. The first-order chi connectivity index (χ1) is 10.5. The largest absolute Gasteiger partial charge is 0.340 e. The maximum Gasteiger partial charge on any atom is 0.229 e. The van der Waals surface area contributed by atoms with Crippen LogP contribution in [0.4, 0.5) is 0 Å². The summed E-state index contributed by atoms with van der Waals surface area (Å²) in [6.07, 6.45) is 4.07. The number of carbonyl (C=O) groups is 1. The molecular weight excluding hydrogens is 282 g/mol. The maximum atomic E-state index is 12.6. The lowest BCUT2D eigenvalue weighted by Crippen LogP contribution is -2.32. The van der Waals surface area contributed by atoms with Crippen molar-refractivity contribution in [2.45, 2.75) is 52.1 Å². The lowest BCUT2D eigenvalue weighted by molar-refractivity contribution is -0.131. The number of carbonyl (C=O) groups excluding carboxylic acids is 1. The van der Waals surface area contributed by atoms with E-state index in [4.69, 9.17) is 4.52 Å². The highest BCUT2D eigenvalue weighted by molar-refractivity contribution is 5.79. The number of hydrogen-bond donors (Lipinski definition) is 0. The van der Waals surface area contributed by atoms with Gasteiger partial charge in [0.1, 0.15) is 0 Å². The van der Waals surface area contributed by atoms with E-state index in [0.29, 0.717) is 24.2 Å². The van der Waals surface area contributed by atoms with Crippen molar-refractivity contribution < 1.29 is 9.32 Å². The number of aromatic nitrogens is 4. The third-order valence-electron chi connectivity index (χ3n) is 3.94. The molecule has 1 atom stereocenters. The van der Waals surface area contributed by atoms with Gasteiger partial charge in [-0.05, 0) is 32.8 Å². The second-order valence-electron chi connectivity index (χ2n) is 5.97. The minimum atomic E-state index is -0.0721. The van der Waals surface area contributed by atoms with E-state index in [2.05, 4.69) is 29.1 Å². The lowest BCUT2D eigenvalue weighted by atomic mass is 10.2. The summed E-state index contributed by atoms with van der Waals surface area (Å²) in [5, 5.41) is 8.41. The number of amides is 1. The number of likely N-dealkylation sites (tertiary alicyclic amines) is 1. The summed E-state index contributed by atoms with van der Waals surface area (Å²) in [6.45, 7) is 6.62. The number of aryl methyl sites for hydroxylation is 1. The Bertz CT molecular complexity index is 660. The summed E-state index contributed by atoms with van der Waals surface area (Å²) < 4.78 is 6.91. The Hall–Kier alpha value is -2.18. The quantitative estimate of drug-likeness (QED) is 0.864. The highest BCUT2D eigenvalue weighted by atomic mass is 16.5. The zero-order chi connectivity index (χ0) is 15.7. The van der Waals surface area contributed by atoms with E-state index in [0.717, 1.165) is 25.1 Å². The van der Waals surface area contributed by atoms with Crippen LogP contribution in [0, 0.1) is 6.92 Å². The third-order valence-corrected chi connectivity index (χ3v) is 3.94. The molecule has 0 radical (unpaired) electrons. The van der Waals surface area contributed by atoms with E-state index in [1.807, 2.05) is 21.8 Å². The molecule has 1 aliphatic rings. The summed E-state index contributed by atoms with van der Waals surface area (Å²) in [5.41, 5.74) is 0.800. The van der Waals surface area contributed by atoms with E-state index in [-0.39, 0.29) is 11.9 Å². The summed E-state index contributed by atoms with van der Waals surface area (Å²) in [6, 6.07) is 2.13. The second kappa shape index (κ2) is 5.90. The van der Waals surface area contributed by atoms with Gasteiger partial charge in [-0.25, -0.2) is 0 Å². The molecule has 1 unspecified atom stereocenters. The molecule has 1 saturated heterocycles. The standard InChI is InChI=1S/C15H21N5O2/c1-10(2)20-8-6-12(17-20)9-14(21)19-7-4-5-13(19)15-16-11(3)22-18-15/h6,8,10,13H,4-5,7,9H2,1-3H3. The van der Waals surface area contributed by atoms with Crippen molar-refractivity contribution in [2.24, 2.45) is 0 Å². The molecule has 22 heavy (non-hydrogen) atoms. The van der Waals surface area contributed by atoms with Crippen LogP contribution >= 0.6 is 0 Å². The fraction of sp³-hybridized carbons (Fsp3) is 0.600. The maximum absolute atomic E-state index is 12.6. The highest BCUT2D eigenvalue weighted by Gasteiger charge is 2.33. The minimum Gasteiger partial charge on any atom is -0.340 e. The summed E-state index contributed by atoms with van der Waals surface area (Å²) in [4.78, 5) is 18.7. The second-order valence-corrected chi connectivity index (χ2v) is 5.97. The van der Waals surface area contributed by atoms with Gasteiger partial charge in [0, 0.05) is 25.7 Å². The average molecular weight is 303 g/mol. The van der Waals surface area contributed by atoms with Gasteiger partial charge in [-0.3, -0.25) is 9.48 Å². The molecular formula is C15H21N5O2. The van der Waals surface area contributed by atoms with Crippen molar-refractivity contribution in [3.63, 3.8) is 0 Å². The monoisotopic (exact) mass is 303 g/mol. The van der Waals surface area contributed by atoms with Crippen LogP contribution < -0.4 is 0 Å². The molecule has 3 rings (SSSR count). The number of hydrogen-bond acceptors (Lipinski definition) is 5. The van der Waals surface area contributed by atoms with Crippen LogP contribution in [0.5, 0.6) is 0 Å². The Morgan fingerprint density at radius 3 is 2.95 bits per heavy atom. The number of nitrogens with zero attached hydrogens (tertiary/aromatic N) is 5. The molecule has 2 aromatic heterocycles. The lowest BCUT2D eigenvalue weighted by Gasteiger charge is -2.21. The zero-order valence-corrected chi connectivity index (χ0v) is 13.2. The van der Waals surface area contributed by atoms with E-state index >= 15 is 0 Å². The van der Waals surface area contributed by atoms with Gasteiger partial charge >= 0.3 is 0 Å². The molecule has 2 aromatic rings. The van der Waals surface area contributed by atoms with Gasteiger partial charge in [-0.2, -0.15) is 10.1 Å². The molecule has 0 saturated carbocycles. The highest BCUT2D eigenvalue weighted by Crippen LogP contribution is 2.30. The van der Waals surface area contributed by atoms with Crippen LogP contribution in [0.2, 0.25) is 0 Å². The topological polar surface area (TPSA) is 77.1 Å². The fourth-order valence-electron chi connectivity index (χ4n) is 2.80. The Morgan fingerprint density at radius 2 is 2.32 bits per heavy atom. The van der Waals surface area contributed by atoms with Crippen molar-refractivity contribution in [1.29, 1.82) is 0 Å². The van der Waals surface area contributed by atoms with Crippen molar-refractivity contribution in [3.05, 3.63) is 29.7 Å². The van der Waals surface area contributed by atoms with E-state index in [9.17, 15) is 4.79 Å². The van der Waals surface area contributed by atoms with Crippen LogP contribution in [-0.2, 0) is 11.2 Å². The van der Waals surface area contributed by atoms with E-state index in [1.165, 1.54) is 0 Å². The summed E-state index contributed by atoms with van der Waals surface area (Å²) in [7, 11) is 0. The Balaban J connectivity index is 1.70. The zero-order valence-electron chi connectivity index (χ0n) is 13.2. The minimum absolute atomic E-state index is 0.0685. The fourth-order valence-corrected chi connectivity index (χ4v) is 2.80. The van der Waals surface area contributed by atoms with Crippen molar-refractivity contribution >= 4 is 5.91 Å². The van der Waals surface area contributed by atoms with Gasteiger partial charge in [-0.1, -0.05) is 5.16 Å². The van der Waals surface area contributed by atoms with Crippen molar-refractivity contribution in [3.8, 4) is 0 Å². The van der Waals surface area contributed by atoms with Crippen LogP contribution in [0.15, 0.2) is 16.8 Å². The van der Waals surface area contributed by atoms with Gasteiger partial charge in [0.15, 0.2) is 5.82 Å². The SMILES string of the molecule is Cc1nc(C2CCCN2C(=O)Cc2ccn(C(C)C)n2)no1. The molecule has 0 N–H and O–H groups in total. The molecule has 7 heteroatoms. The van der Waals surface area contributed by atoms with E-state index < -0.39 is 0 Å². The van der Waals surface area contributed by atoms with Gasteiger partial charge in [0.2, 0.25) is 11.8 Å². The van der Waals surface area contributed by atoms with Crippen molar-refractivity contribution in [1.82, 2.24) is 24.8 Å². The first kappa shape index (κ1) is 14.7. The predicted octanol–water partition coefficient (Wildman–Crippen LogP) is 2.06. The molecule has 0 aromatic carbocycles. The molecule has 7 nitrogen and oxygen atoms in total. The summed E-state index contributed by atoms with van der Waals surface area (Å²) in [5.74, 6) is 1.21. The molecule has 118 valence electrons. The Kier molecular flexibility index (Phi) is 3.96. The third kappa shape index (κ3) is 2.88. The van der Waals surface area contributed by atoms with Gasteiger partial charge in [0.05, 0.1) is 18.2 Å². The van der Waals surface area contributed by atoms with Crippen LogP contribution in [0.1, 0.15) is 56.2 Å². The van der Waals surface area contributed by atoms with Crippen molar-refractivity contribution in [2.75, 3.05) is 6.54 Å². The van der Waals surface area contributed by atoms with Crippen LogP contribution in [0.25, 0.3) is 0 Å². The van der Waals surface area contributed by atoms with E-state index in [1.54, 1.807) is 6.92 Å². The Labute approximate surface area is 129 Å². The normalized spacial score (nSPS) is 18.4. The van der Waals surface area contributed by atoms with Gasteiger partial charge in [0.25, 0.3) is 0 Å². The predicted molar refractivity (Wildman–Crippen MR) is 79.0 cm³/mol. The molecule has 0 spiro atoms. The molecule has 0 aliphatic carbocycles. The average Bonchev–Trinajstić information content (AvgIpc) is 3.16. The number of rotatable bonds is 4. The van der Waals surface area contributed by atoms with Gasteiger partial charge < -0.3 is 9.42 Å². The van der Waals surface area contributed by atoms with Crippen LogP contribution in [-0.4, -0.2) is 37.3 Å². The molecule has 3 heterocycles. The molecule has 0 bridgehead atoms. The molecule has 1 fully saturated rings. The Morgan fingerprint density at radius 1 is 1.50 bits per heavy atom. The van der Waals surface area contributed by atoms with Crippen LogP contribution in [0.3, 0.4) is 0 Å². The summed E-state index contributed by atoms with van der Waals surface area (Å²) >= 11 is 0. The smallest absolute Gasteiger partial charge is 0.229 e. The first-order valence-corrected chi connectivity index (χ1v) is 7.68.